The Morgan fingerprint density at radius 1 is 1.25 bits per heavy atom. The third-order valence-corrected chi connectivity index (χ3v) is 4.31. The number of benzene rings is 2. The Morgan fingerprint density at radius 2 is 2.08 bits per heavy atom. The molecule has 1 amide bonds. The molecular formula is C18H17Cl2NO3. The number of para-hydroxylation sites is 2. The maximum Gasteiger partial charge on any atom is 0.257 e. The zero-order valence-corrected chi connectivity index (χ0v) is 14.4. The molecule has 1 N–H and O–H groups in total. The molecule has 1 fully saturated rings. The highest BCUT2D eigenvalue weighted by Crippen LogP contribution is 2.27. The van der Waals surface area contributed by atoms with Crippen LogP contribution in [0.25, 0.3) is 0 Å². The fourth-order valence-corrected chi connectivity index (χ4v) is 3.01. The van der Waals surface area contributed by atoms with Gasteiger partial charge in [0.15, 0.2) is 0 Å². The van der Waals surface area contributed by atoms with Gasteiger partial charge in [0.05, 0.1) is 22.4 Å². The molecule has 1 atom stereocenters. The molecule has 6 heteroatoms. The lowest BCUT2D eigenvalue weighted by Crippen LogP contribution is -2.18. The summed E-state index contributed by atoms with van der Waals surface area (Å²) in [6, 6.07) is 12.0. The van der Waals surface area contributed by atoms with Gasteiger partial charge in [-0.1, -0.05) is 35.3 Å². The predicted octanol–water partition coefficient (Wildman–Crippen LogP) is 4.80. The molecule has 126 valence electrons. The summed E-state index contributed by atoms with van der Waals surface area (Å²) in [5.41, 5.74) is 0.946. The smallest absolute Gasteiger partial charge is 0.257 e. The highest BCUT2D eigenvalue weighted by molar-refractivity contribution is 6.37. The molecule has 0 unspecified atom stereocenters. The van der Waals surface area contributed by atoms with E-state index in [4.69, 9.17) is 32.7 Å². The number of amides is 1. The van der Waals surface area contributed by atoms with E-state index < -0.39 is 0 Å². The quantitative estimate of drug-likeness (QED) is 0.827. The van der Waals surface area contributed by atoms with Gasteiger partial charge in [0.25, 0.3) is 5.91 Å². The average Bonchev–Trinajstić information content (AvgIpc) is 3.07. The maximum atomic E-state index is 12.4. The first-order chi connectivity index (χ1) is 11.6. The van der Waals surface area contributed by atoms with Crippen LogP contribution in [0.3, 0.4) is 0 Å². The summed E-state index contributed by atoms with van der Waals surface area (Å²) in [6.07, 6.45) is 2.16. The highest BCUT2D eigenvalue weighted by Gasteiger charge is 2.18. The number of nitrogens with one attached hydrogen (secondary N) is 1. The van der Waals surface area contributed by atoms with Crippen molar-refractivity contribution in [1.82, 2.24) is 0 Å². The summed E-state index contributed by atoms with van der Waals surface area (Å²) in [5, 5.41) is 3.62. The molecule has 1 aliphatic heterocycles. The zero-order chi connectivity index (χ0) is 16.9. The van der Waals surface area contributed by atoms with Crippen LogP contribution in [0.5, 0.6) is 5.75 Å². The fraction of sp³-hybridized carbons (Fsp3) is 0.278. The summed E-state index contributed by atoms with van der Waals surface area (Å²) in [5.74, 6) is 0.288. The average molecular weight is 366 g/mol. The van der Waals surface area contributed by atoms with Crippen LogP contribution < -0.4 is 10.1 Å². The summed E-state index contributed by atoms with van der Waals surface area (Å²) in [7, 11) is 0. The van der Waals surface area contributed by atoms with E-state index in [-0.39, 0.29) is 12.0 Å². The van der Waals surface area contributed by atoms with Crippen LogP contribution in [-0.4, -0.2) is 25.2 Å². The van der Waals surface area contributed by atoms with Gasteiger partial charge in [-0.2, -0.15) is 0 Å². The first-order valence-electron chi connectivity index (χ1n) is 7.73. The van der Waals surface area contributed by atoms with Gasteiger partial charge in [-0.3, -0.25) is 4.79 Å². The Morgan fingerprint density at radius 3 is 2.83 bits per heavy atom. The predicted molar refractivity (Wildman–Crippen MR) is 95.3 cm³/mol. The van der Waals surface area contributed by atoms with Gasteiger partial charge in [0, 0.05) is 11.6 Å². The lowest BCUT2D eigenvalue weighted by atomic mass is 10.2. The number of halogens is 2. The molecule has 3 rings (SSSR count). The molecule has 0 saturated carbocycles. The molecule has 0 bridgehead atoms. The summed E-state index contributed by atoms with van der Waals surface area (Å²) in [6.45, 7) is 1.25. The van der Waals surface area contributed by atoms with Crippen molar-refractivity contribution in [2.24, 2.45) is 0 Å². The van der Waals surface area contributed by atoms with Crippen molar-refractivity contribution < 1.29 is 14.3 Å². The number of hydrogen-bond acceptors (Lipinski definition) is 3. The van der Waals surface area contributed by atoms with E-state index in [9.17, 15) is 4.79 Å². The van der Waals surface area contributed by atoms with Gasteiger partial charge in [-0.15, -0.1) is 0 Å². The van der Waals surface area contributed by atoms with Crippen LogP contribution in [-0.2, 0) is 4.74 Å². The fourth-order valence-electron chi connectivity index (χ4n) is 2.52. The number of anilines is 1. The van der Waals surface area contributed by atoms with Crippen molar-refractivity contribution >= 4 is 34.8 Å². The van der Waals surface area contributed by atoms with Crippen molar-refractivity contribution in [3.05, 3.63) is 58.1 Å². The molecular weight excluding hydrogens is 349 g/mol. The second kappa shape index (κ2) is 7.88. The Kier molecular flexibility index (Phi) is 5.61. The Balaban J connectivity index is 1.71. The third kappa shape index (κ3) is 4.20. The number of rotatable bonds is 5. The summed E-state index contributed by atoms with van der Waals surface area (Å²) < 4.78 is 11.4. The van der Waals surface area contributed by atoms with Crippen molar-refractivity contribution in [3.8, 4) is 5.75 Å². The van der Waals surface area contributed by atoms with Crippen molar-refractivity contribution in [2.45, 2.75) is 18.9 Å². The van der Waals surface area contributed by atoms with Crippen LogP contribution in [0.4, 0.5) is 5.69 Å². The van der Waals surface area contributed by atoms with Crippen LogP contribution in [0.2, 0.25) is 10.0 Å². The van der Waals surface area contributed by atoms with Gasteiger partial charge < -0.3 is 14.8 Å². The molecule has 0 radical (unpaired) electrons. The lowest BCUT2D eigenvalue weighted by Gasteiger charge is -2.15. The molecule has 1 heterocycles. The molecule has 0 spiro atoms. The number of hydrogen-bond donors (Lipinski definition) is 1. The standard InChI is InChI=1S/C18H17Cl2NO3/c19-12-7-8-14(15(20)10-12)18(22)21-16-5-1-2-6-17(16)24-11-13-4-3-9-23-13/h1-2,5-8,10,13H,3-4,9,11H2,(H,21,22)/t13-/m0/s1. The minimum atomic E-state index is -0.315. The molecule has 4 nitrogen and oxygen atoms in total. The topological polar surface area (TPSA) is 47.6 Å². The van der Waals surface area contributed by atoms with Crippen molar-refractivity contribution in [3.63, 3.8) is 0 Å². The second-order valence-corrected chi connectivity index (χ2v) is 6.36. The monoisotopic (exact) mass is 365 g/mol. The molecule has 2 aromatic rings. The van der Waals surface area contributed by atoms with Crippen molar-refractivity contribution in [2.75, 3.05) is 18.5 Å². The minimum Gasteiger partial charge on any atom is -0.489 e. The second-order valence-electron chi connectivity index (χ2n) is 5.52. The van der Waals surface area contributed by atoms with Crippen LogP contribution >= 0.6 is 23.2 Å². The van der Waals surface area contributed by atoms with Gasteiger partial charge in [-0.25, -0.2) is 0 Å². The van der Waals surface area contributed by atoms with Gasteiger partial charge in [0.2, 0.25) is 0 Å². The first kappa shape index (κ1) is 17.1. The molecule has 1 saturated heterocycles. The third-order valence-electron chi connectivity index (χ3n) is 3.76. The summed E-state index contributed by atoms with van der Waals surface area (Å²) >= 11 is 11.9. The molecule has 2 aromatic carbocycles. The van der Waals surface area contributed by atoms with E-state index in [1.807, 2.05) is 18.2 Å². The largest absolute Gasteiger partial charge is 0.489 e. The Labute approximate surface area is 150 Å². The Hall–Kier alpha value is -1.75. The minimum absolute atomic E-state index is 0.111. The van der Waals surface area contributed by atoms with Gasteiger partial charge in [-0.05, 0) is 43.2 Å². The first-order valence-corrected chi connectivity index (χ1v) is 8.49. The summed E-state index contributed by atoms with van der Waals surface area (Å²) in [4.78, 5) is 12.4. The highest BCUT2D eigenvalue weighted by atomic mass is 35.5. The molecule has 0 aliphatic carbocycles. The van der Waals surface area contributed by atoms with Gasteiger partial charge in [0.1, 0.15) is 12.4 Å². The lowest BCUT2D eigenvalue weighted by molar-refractivity contribution is 0.0682. The van der Waals surface area contributed by atoms with E-state index >= 15 is 0 Å². The van der Waals surface area contributed by atoms with E-state index in [2.05, 4.69) is 5.32 Å². The van der Waals surface area contributed by atoms with Crippen LogP contribution in [0.1, 0.15) is 23.2 Å². The molecule has 24 heavy (non-hydrogen) atoms. The van der Waals surface area contributed by atoms with Crippen LogP contribution in [0.15, 0.2) is 42.5 Å². The Bertz CT molecular complexity index is 730. The molecule has 1 aliphatic rings. The van der Waals surface area contributed by atoms with Gasteiger partial charge >= 0.3 is 0 Å². The molecule has 0 aromatic heterocycles. The normalized spacial score (nSPS) is 16.8. The van der Waals surface area contributed by atoms with Crippen molar-refractivity contribution in [1.29, 1.82) is 0 Å². The number of carbonyl (C=O) groups excluding carboxylic acids is 1. The zero-order valence-electron chi connectivity index (χ0n) is 12.9. The van der Waals surface area contributed by atoms with E-state index in [1.54, 1.807) is 18.2 Å². The maximum absolute atomic E-state index is 12.4. The van der Waals surface area contributed by atoms with E-state index in [1.165, 1.54) is 6.07 Å². The van der Waals surface area contributed by atoms with E-state index in [0.29, 0.717) is 33.7 Å². The SMILES string of the molecule is O=C(Nc1ccccc1OC[C@@H]1CCCO1)c1ccc(Cl)cc1Cl. The number of carbonyl (C=O) groups is 1. The van der Waals surface area contributed by atoms with E-state index in [0.717, 1.165) is 19.4 Å². The van der Waals surface area contributed by atoms with Crippen LogP contribution in [0, 0.1) is 0 Å². The number of ether oxygens (including phenoxy) is 2.